The van der Waals surface area contributed by atoms with Gasteiger partial charge in [-0.2, -0.15) is 0 Å². The SMILES string of the molecule is C=C/C(=C\C=C/C)c1ccc(N)cc1. The predicted octanol–water partition coefficient (Wildman–Crippen LogP) is 3.41. The lowest BCUT2D eigenvalue weighted by Crippen LogP contribution is -1.85. The third-order valence-corrected chi connectivity index (χ3v) is 1.93. The Labute approximate surface area is 85.3 Å². The molecule has 0 unspecified atom stereocenters. The van der Waals surface area contributed by atoms with Crippen LogP contribution in [0.4, 0.5) is 5.69 Å². The fourth-order valence-corrected chi connectivity index (χ4v) is 1.16. The van der Waals surface area contributed by atoms with Gasteiger partial charge in [0.15, 0.2) is 0 Å². The molecule has 0 aliphatic carbocycles. The quantitative estimate of drug-likeness (QED) is 0.566. The first-order valence-electron chi connectivity index (χ1n) is 4.59. The molecule has 0 radical (unpaired) electrons. The summed E-state index contributed by atoms with van der Waals surface area (Å²) in [5.74, 6) is 0. The monoisotopic (exact) mass is 185 g/mol. The molecular formula is C13H15N. The molecule has 0 aliphatic rings. The molecule has 0 aromatic heterocycles. The average Bonchev–Trinajstić information content (AvgIpc) is 2.21. The summed E-state index contributed by atoms with van der Waals surface area (Å²) in [6.45, 7) is 5.77. The summed E-state index contributed by atoms with van der Waals surface area (Å²) in [6.07, 6.45) is 7.85. The van der Waals surface area contributed by atoms with Gasteiger partial charge in [0.25, 0.3) is 0 Å². The lowest BCUT2D eigenvalue weighted by molar-refractivity contribution is 1.61. The molecule has 72 valence electrons. The van der Waals surface area contributed by atoms with Crippen LogP contribution in [0.15, 0.2) is 55.1 Å². The third-order valence-electron chi connectivity index (χ3n) is 1.93. The summed E-state index contributed by atoms with van der Waals surface area (Å²) in [4.78, 5) is 0. The van der Waals surface area contributed by atoms with Gasteiger partial charge in [0.05, 0.1) is 0 Å². The Morgan fingerprint density at radius 3 is 2.43 bits per heavy atom. The van der Waals surface area contributed by atoms with Crippen molar-refractivity contribution in [2.24, 2.45) is 0 Å². The number of rotatable bonds is 3. The molecule has 14 heavy (non-hydrogen) atoms. The maximum Gasteiger partial charge on any atom is 0.0314 e. The molecule has 0 saturated carbocycles. The highest BCUT2D eigenvalue weighted by molar-refractivity contribution is 5.75. The van der Waals surface area contributed by atoms with Crippen molar-refractivity contribution in [2.75, 3.05) is 5.73 Å². The normalized spacial score (nSPS) is 11.9. The van der Waals surface area contributed by atoms with Crippen LogP contribution in [-0.4, -0.2) is 0 Å². The lowest BCUT2D eigenvalue weighted by atomic mass is 10.1. The van der Waals surface area contributed by atoms with E-state index in [4.69, 9.17) is 5.73 Å². The number of allylic oxidation sites excluding steroid dienone is 5. The number of hydrogen-bond acceptors (Lipinski definition) is 1. The minimum atomic E-state index is 0.781. The van der Waals surface area contributed by atoms with Crippen LogP contribution in [0.5, 0.6) is 0 Å². The molecule has 1 aromatic rings. The number of benzene rings is 1. The average molecular weight is 185 g/mol. The summed E-state index contributed by atoms with van der Waals surface area (Å²) in [5.41, 5.74) is 8.62. The highest BCUT2D eigenvalue weighted by Gasteiger charge is 1.94. The van der Waals surface area contributed by atoms with E-state index in [-0.39, 0.29) is 0 Å². The second kappa shape index (κ2) is 5.07. The Morgan fingerprint density at radius 2 is 1.93 bits per heavy atom. The molecule has 0 amide bonds. The molecule has 0 atom stereocenters. The highest BCUT2D eigenvalue weighted by atomic mass is 14.5. The number of nitrogen functional groups attached to an aromatic ring is 1. The van der Waals surface area contributed by atoms with Crippen LogP contribution in [0.3, 0.4) is 0 Å². The Balaban J connectivity index is 3.01. The summed E-state index contributed by atoms with van der Waals surface area (Å²) in [5, 5.41) is 0. The van der Waals surface area contributed by atoms with Crippen molar-refractivity contribution in [1.82, 2.24) is 0 Å². The van der Waals surface area contributed by atoms with Crippen molar-refractivity contribution in [3.63, 3.8) is 0 Å². The van der Waals surface area contributed by atoms with Gasteiger partial charge in [0, 0.05) is 5.69 Å². The zero-order valence-corrected chi connectivity index (χ0v) is 8.40. The largest absolute Gasteiger partial charge is 0.399 e. The fraction of sp³-hybridized carbons (Fsp3) is 0.0769. The number of nitrogens with two attached hydrogens (primary N) is 1. The second-order valence-corrected chi connectivity index (χ2v) is 2.97. The molecule has 1 rings (SSSR count). The topological polar surface area (TPSA) is 26.0 Å². The van der Waals surface area contributed by atoms with Gasteiger partial charge in [0.1, 0.15) is 0 Å². The summed E-state index contributed by atoms with van der Waals surface area (Å²) in [6, 6.07) is 7.77. The van der Waals surface area contributed by atoms with Gasteiger partial charge in [-0.1, -0.05) is 43.0 Å². The molecule has 1 aromatic carbocycles. The standard InChI is InChI=1S/C13H15N/c1-3-5-6-11(4-2)12-7-9-13(14)10-8-12/h3-10H,2,14H2,1H3/b5-3-,11-6+. The van der Waals surface area contributed by atoms with Crippen LogP contribution < -0.4 is 5.73 Å². The fourth-order valence-electron chi connectivity index (χ4n) is 1.16. The van der Waals surface area contributed by atoms with E-state index in [1.165, 1.54) is 0 Å². The van der Waals surface area contributed by atoms with Crippen LogP contribution in [0, 0.1) is 0 Å². The van der Waals surface area contributed by atoms with E-state index in [9.17, 15) is 0 Å². The maximum absolute atomic E-state index is 5.61. The van der Waals surface area contributed by atoms with Crippen molar-refractivity contribution >= 4 is 11.3 Å². The van der Waals surface area contributed by atoms with Crippen molar-refractivity contribution in [3.8, 4) is 0 Å². The van der Waals surface area contributed by atoms with Gasteiger partial charge in [-0.05, 0) is 30.2 Å². The van der Waals surface area contributed by atoms with Gasteiger partial charge in [-0.3, -0.25) is 0 Å². The molecule has 2 N–H and O–H groups in total. The minimum absolute atomic E-state index is 0.781. The van der Waals surface area contributed by atoms with E-state index in [0.29, 0.717) is 0 Å². The van der Waals surface area contributed by atoms with Crippen LogP contribution in [0.1, 0.15) is 12.5 Å². The molecule has 0 aliphatic heterocycles. The Bertz CT molecular complexity index is 355. The third kappa shape index (κ3) is 2.63. The van der Waals surface area contributed by atoms with Crippen LogP contribution in [0.25, 0.3) is 5.57 Å². The van der Waals surface area contributed by atoms with Crippen molar-refractivity contribution in [2.45, 2.75) is 6.92 Å². The van der Waals surface area contributed by atoms with E-state index < -0.39 is 0 Å². The Kier molecular flexibility index (Phi) is 3.74. The van der Waals surface area contributed by atoms with Crippen LogP contribution >= 0.6 is 0 Å². The molecule has 1 nitrogen and oxygen atoms in total. The molecule has 0 fully saturated rings. The van der Waals surface area contributed by atoms with Crippen molar-refractivity contribution in [1.29, 1.82) is 0 Å². The van der Waals surface area contributed by atoms with Gasteiger partial charge < -0.3 is 5.73 Å². The van der Waals surface area contributed by atoms with Gasteiger partial charge in [-0.25, -0.2) is 0 Å². The number of anilines is 1. The van der Waals surface area contributed by atoms with Crippen molar-refractivity contribution < 1.29 is 0 Å². The van der Waals surface area contributed by atoms with E-state index in [1.54, 1.807) is 0 Å². The van der Waals surface area contributed by atoms with Gasteiger partial charge in [0.2, 0.25) is 0 Å². The molecule has 1 heteroatoms. The van der Waals surface area contributed by atoms with E-state index in [0.717, 1.165) is 16.8 Å². The summed E-state index contributed by atoms with van der Waals surface area (Å²) < 4.78 is 0. The van der Waals surface area contributed by atoms with Crippen LogP contribution in [0.2, 0.25) is 0 Å². The van der Waals surface area contributed by atoms with E-state index >= 15 is 0 Å². The highest BCUT2D eigenvalue weighted by Crippen LogP contribution is 2.16. The first kappa shape index (κ1) is 10.3. The molecule has 0 heterocycles. The zero-order valence-electron chi connectivity index (χ0n) is 8.40. The molecular weight excluding hydrogens is 170 g/mol. The van der Waals surface area contributed by atoms with E-state index in [1.807, 2.05) is 55.5 Å². The smallest absolute Gasteiger partial charge is 0.0314 e. The predicted molar refractivity (Wildman–Crippen MR) is 63.8 cm³/mol. The summed E-state index contributed by atoms with van der Waals surface area (Å²) in [7, 11) is 0. The molecule has 0 bridgehead atoms. The van der Waals surface area contributed by atoms with Crippen molar-refractivity contribution in [3.05, 3.63) is 60.7 Å². The Morgan fingerprint density at radius 1 is 1.29 bits per heavy atom. The van der Waals surface area contributed by atoms with E-state index in [2.05, 4.69) is 6.58 Å². The lowest BCUT2D eigenvalue weighted by Gasteiger charge is -2.01. The van der Waals surface area contributed by atoms with Gasteiger partial charge in [-0.15, -0.1) is 0 Å². The molecule has 0 saturated heterocycles. The van der Waals surface area contributed by atoms with Gasteiger partial charge >= 0.3 is 0 Å². The Hall–Kier alpha value is -1.76. The molecule has 0 spiro atoms. The minimum Gasteiger partial charge on any atom is -0.399 e. The second-order valence-electron chi connectivity index (χ2n) is 2.97. The first-order chi connectivity index (χ1) is 6.77. The number of hydrogen-bond donors (Lipinski definition) is 1. The van der Waals surface area contributed by atoms with Crippen LogP contribution in [-0.2, 0) is 0 Å². The zero-order chi connectivity index (χ0) is 10.4. The summed E-state index contributed by atoms with van der Waals surface area (Å²) >= 11 is 0. The maximum atomic E-state index is 5.61. The first-order valence-corrected chi connectivity index (χ1v) is 4.59.